The van der Waals surface area contributed by atoms with Gasteiger partial charge in [-0.25, -0.2) is 0 Å². The van der Waals surface area contributed by atoms with Crippen molar-refractivity contribution in [3.8, 4) is 0 Å². The van der Waals surface area contributed by atoms with Gasteiger partial charge >= 0.3 is 5.97 Å². The first kappa shape index (κ1) is 26.0. The van der Waals surface area contributed by atoms with Crippen molar-refractivity contribution in [3.05, 3.63) is 71.9 Å². The molecule has 0 aliphatic rings. The van der Waals surface area contributed by atoms with E-state index in [4.69, 9.17) is 4.74 Å². The van der Waals surface area contributed by atoms with Crippen molar-refractivity contribution in [2.45, 2.75) is 39.7 Å². The zero-order chi connectivity index (χ0) is 25.6. The summed E-state index contributed by atoms with van der Waals surface area (Å²) >= 11 is 0. The molecule has 2 amide bonds. The lowest BCUT2D eigenvalue weighted by molar-refractivity contribution is -0.147. The molecule has 2 aromatic carbocycles. The number of benzene rings is 2. The lowest BCUT2D eigenvalue weighted by Gasteiger charge is -2.29. The van der Waals surface area contributed by atoms with Crippen molar-refractivity contribution in [1.29, 1.82) is 0 Å². The van der Waals surface area contributed by atoms with E-state index >= 15 is 0 Å². The Bertz CT molecular complexity index is 1160. The van der Waals surface area contributed by atoms with Crippen LogP contribution in [0.5, 0.6) is 0 Å². The summed E-state index contributed by atoms with van der Waals surface area (Å²) in [4.78, 5) is 43.7. The topological polar surface area (TPSA) is 91.5 Å². The SMILES string of the molecule is COC(=O)C(Cc1ccccc1)CN(C)C(=O)C(Cc1c[nH]c2ccccc12)NC(=O)C(C)(C)C. The van der Waals surface area contributed by atoms with Gasteiger partial charge in [0.2, 0.25) is 11.8 Å². The maximum absolute atomic E-state index is 13.6. The van der Waals surface area contributed by atoms with E-state index in [9.17, 15) is 14.4 Å². The third-order valence-electron chi connectivity index (χ3n) is 6.11. The molecule has 0 aliphatic carbocycles. The number of hydrogen-bond acceptors (Lipinski definition) is 4. The zero-order valence-corrected chi connectivity index (χ0v) is 21.1. The highest BCUT2D eigenvalue weighted by molar-refractivity contribution is 5.91. The van der Waals surface area contributed by atoms with Crippen LogP contribution in [0.1, 0.15) is 31.9 Å². The number of rotatable bonds is 9. The molecule has 3 aromatic rings. The van der Waals surface area contributed by atoms with Gasteiger partial charge in [0.15, 0.2) is 0 Å². The Balaban J connectivity index is 1.82. The van der Waals surface area contributed by atoms with Crippen LogP contribution in [0.25, 0.3) is 10.9 Å². The van der Waals surface area contributed by atoms with E-state index in [1.165, 1.54) is 12.0 Å². The summed E-state index contributed by atoms with van der Waals surface area (Å²) in [6.45, 7) is 5.61. The molecule has 7 heteroatoms. The van der Waals surface area contributed by atoms with Crippen molar-refractivity contribution >= 4 is 28.7 Å². The Hall–Kier alpha value is -3.61. The number of carbonyl (C=O) groups is 3. The predicted molar refractivity (Wildman–Crippen MR) is 137 cm³/mol. The number of hydrogen-bond donors (Lipinski definition) is 2. The van der Waals surface area contributed by atoms with Crippen molar-refractivity contribution < 1.29 is 19.1 Å². The van der Waals surface area contributed by atoms with Gasteiger partial charge < -0.3 is 19.9 Å². The number of fused-ring (bicyclic) bond motifs is 1. The van der Waals surface area contributed by atoms with E-state index in [1.54, 1.807) is 7.05 Å². The molecule has 0 aliphatic heterocycles. The molecule has 0 saturated carbocycles. The van der Waals surface area contributed by atoms with Gasteiger partial charge in [0.25, 0.3) is 0 Å². The first-order chi connectivity index (χ1) is 16.6. The van der Waals surface area contributed by atoms with E-state index < -0.39 is 17.4 Å². The molecule has 35 heavy (non-hydrogen) atoms. The fraction of sp³-hybridized carbons (Fsp3) is 0.393. The Labute approximate surface area is 206 Å². The van der Waals surface area contributed by atoms with E-state index in [1.807, 2.05) is 81.6 Å². The Morgan fingerprint density at radius 2 is 1.66 bits per heavy atom. The molecule has 1 aromatic heterocycles. The molecule has 7 nitrogen and oxygen atoms in total. The number of nitrogens with zero attached hydrogens (tertiary/aromatic N) is 1. The average Bonchev–Trinajstić information content (AvgIpc) is 3.25. The van der Waals surface area contributed by atoms with Crippen molar-refractivity contribution in [1.82, 2.24) is 15.2 Å². The number of aromatic nitrogens is 1. The number of H-pyrrole nitrogens is 1. The third-order valence-corrected chi connectivity index (χ3v) is 6.11. The molecular weight excluding hydrogens is 442 g/mol. The number of likely N-dealkylation sites (N-methyl/N-ethyl adjacent to an activating group) is 1. The molecule has 1 heterocycles. The zero-order valence-electron chi connectivity index (χ0n) is 21.1. The molecule has 2 atom stereocenters. The second-order valence-corrected chi connectivity index (χ2v) is 9.97. The summed E-state index contributed by atoms with van der Waals surface area (Å²) in [6.07, 6.45) is 2.66. The fourth-order valence-corrected chi connectivity index (χ4v) is 4.07. The Morgan fingerprint density at radius 3 is 2.31 bits per heavy atom. The van der Waals surface area contributed by atoms with Gasteiger partial charge in [-0.2, -0.15) is 0 Å². The second kappa shape index (κ2) is 11.2. The lowest BCUT2D eigenvalue weighted by atomic mass is 9.94. The van der Waals surface area contributed by atoms with E-state index in [2.05, 4.69) is 10.3 Å². The molecule has 186 valence electrons. The lowest BCUT2D eigenvalue weighted by Crippen LogP contribution is -2.52. The maximum Gasteiger partial charge on any atom is 0.310 e. The van der Waals surface area contributed by atoms with Crippen LogP contribution in [-0.2, 0) is 32.0 Å². The molecule has 3 rings (SSSR count). The molecular formula is C28H35N3O4. The summed E-state index contributed by atoms with van der Waals surface area (Å²) in [7, 11) is 3.01. The normalized spacial score (nSPS) is 13.2. The van der Waals surface area contributed by atoms with Crippen molar-refractivity contribution in [3.63, 3.8) is 0 Å². The predicted octanol–water partition coefficient (Wildman–Crippen LogP) is 3.73. The van der Waals surface area contributed by atoms with Gasteiger partial charge in [0, 0.05) is 42.5 Å². The molecule has 0 saturated heterocycles. The molecule has 0 radical (unpaired) electrons. The fourth-order valence-electron chi connectivity index (χ4n) is 4.07. The Morgan fingerprint density at radius 1 is 1.00 bits per heavy atom. The van der Waals surface area contributed by atoms with Crippen LogP contribution >= 0.6 is 0 Å². The maximum atomic E-state index is 13.6. The number of esters is 1. The molecule has 0 spiro atoms. The van der Waals surface area contributed by atoms with Crippen molar-refractivity contribution in [2.75, 3.05) is 20.7 Å². The van der Waals surface area contributed by atoms with Gasteiger partial charge in [-0.3, -0.25) is 14.4 Å². The summed E-state index contributed by atoms with van der Waals surface area (Å²) in [5.41, 5.74) is 2.24. The van der Waals surface area contributed by atoms with Crippen LogP contribution in [0.15, 0.2) is 60.8 Å². The van der Waals surface area contributed by atoms with Crippen LogP contribution < -0.4 is 5.32 Å². The minimum Gasteiger partial charge on any atom is -0.469 e. The number of carbonyl (C=O) groups excluding carboxylic acids is 3. The number of aromatic amines is 1. The monoisotopic (exact) mass is 477 g/mol. The van der Waals surface area contributed by atoms with Gasteiger partial charge in [-0.1, -0.05) is 69.3 Å². The van der Waals surface area contributed by atoms with Gasteiger partial charge in [-0.15, -0.1) is 0 Å². The van der Waals surface area contributed by atoms with Crippen LogP contribution in [0.2, 0.25) is 0 Å². The van der Waals surface area contributed by atoms with E-state index in [0.717, 1.165) is 22.0 Å². The minimum atomic E-state index is -0.777. The van der Waals surface area contributed by atoms with Crippen LogP contribution in [0.4, 0.5) is 0 Å². The number of methoxy groups -OCH3 is 1. The van der Waals surface area contributed by atoms with E-state index in [0.29, 0.717) is 12.8 Å². The van der Waals surface area contributed by atoms with Crippen LogP contribution in [-0.4, -0.2) is 54.4 Å². The number of nitrogens with one attached hydrogen (secondary N) is 2. The number of amides is 2. The highest BCUT2D eigenvalue weighted by Crippen LogP contribution is 2.21. The van der Waals surface area contributed by atoms with E-state index in [-0.39, 0.29) is 24.3 Å². The summed E-state index contributed by atoms with van der Waals surface area (Å²) in [6, 6.07) is 16.7. The quantitative estimate of drug-likeness (QED) is 0.460. The minimum absolute atomic E-state index is 0.177. The summed E-state index contributed by atoms with van der Waals surface area (Å²) < 4.78 is 5.02. The number of para-hydroxylation sites is 1. The molecule has 2 unspecified atom stereocenters. The largest absolute Gasteiger partial charge is 0.469 e. The average molecular weight is 478 g/mol. The van der Waals surface area contributed by atoms with Gasteiger partial charge in [-0.05, 0) is 23.6 Å². The first-order valence-corrected chi connectivity index (χ1v) is 11.8. The smallest absolute Gasteiger partial charge is 0.310 e. The second-order valence-electron chi connectivity index (χ2n) is 9.97. The highest BCUT2D eigenvalue weighted by atomic mass is 16.5. The molecule has 0 fully saturated rings. The summed E-state index contributed by atoms with van der Waals surface area (Å²) in [5.74, 6) is -1.36. The molecule has 2 N–H and O–H groups in total. The third kappa shape index (κ3) is 6.72. The molecule has 0 bridgehead atoms. The Kier molecular flexibility index (Phi) is 8.33. The van der Waals surface area contributed by atoms with Crippen LogP contribution in [0.3, 0.4) is 0 Å². The van der Waals surface area contributed by atoms with Gasteiger partial charge in [0.05, 0.1) is 13.0 Å². The first-order valence-electron chi connectivity index (χ1n) is 11.8. The van der Waals surface area contributed by atoms with Crippen molar-refractivity contribution in [2.24, 2.45) is 11.3 Å². The summed E-state index contributed by atoms with van der Waals surface area (Å²) in [5, 5.41) is 3.96. The van der Waals surface area contributed by atoms with Gasteiger partial charge in [0.1, 0.15) is 6.04 Å². The van der Waals surface area contributed by atoms with Crippen LogP contribution in [0, 0.1) is 11.3 Å². The standard InChI is InChI=1S/C28H35N3O4/c1-28(2,3)27(34)30-24(16-20-17-29-23-14-10-9-13-22(20)23)25(32)31(4)18-21(26(33)35-5)15-19-11-7-6-8-12-19/h6-14,17,21,24,29H,15-16,18H2,1-5H3,(H,30,34). The highest BCUT2D eigenvalue weighted by Gasteiger charge is 2.32. The number of ether oxygens (including phenoxy) is 1.